The lowest BCUT2D eigenvalue weighted by atomic mass is 9.68. The first kappa shape index (κ1) is 17.8. The van der Waals surface area contributed by atoms with Gasteiger partial charge in [-0.1, -0.05) is 39.0 Å². The zero-order chi connectivity index (χ0) is 13.7. The minimum absolute atomic E-state index is 0. The Kier molecular flexibility index (Phi) is 7.32. The van der Waals surface area contributed by atoms with E-state index in [1.807, 2.05) is 0 Å². The van der Waals surface area contributed by atoms with Crippen LogP contribution in [0.3, 0.4) is 0 Å². The van der Waals surface area contributed by atoms with Gasteiger partial charge in [-0.05, 0) is 37.0 Å². The van der Waals surface area contributed by atoms with E-state index in [1.54, 1.807) is 0 Å². The van der Waals surface area contributed by atoms with Gasteiger partial charge in [-0.15, -0.1) is 12.4 Å². The number of aliphatic carboxylic acids is 1. The molecule has 0 bridgehead atoms. The maximum atomic E-state index is 11.2. The Balaban J connectivity index is 0.00000200. The summed E-state index contributed by atoms with van der Waals surface area (Å²) in [7, 11) is 0. The largest absolute Gasteiger partial charge is 0.481 e. The van der Waals surface area contributed by atoms with E-state index >= 15 is 0 Å². The van der Waals surface area contributed by atoms with Crippen molar-refractivity contribution >= 4 is 18.4 Å². The molecule has 0 aliphatic heterocycles. The standard InChI is InChI=1S/C16H29NO2.ClH/c1-13-6-5-9-16(10-13,11-15(18)19)12-17-14-7-3-2-4-8-14;/h13-14,17H,2-12H2,1H3,(H,18,19);1H. The Morgan fingerprint density at radius 2 is 1.90 bits per heavy atom. The second-order valence-electron chi connectivity index (χ2n) is 6.99. The van der Waals surface area contributed by atoms with E-state index in [-0.39, 0.29) is 17.8 Å². The first-order valence-electron chi connectivity index (χ1n) is 8.05. The molecule has 0 amide bonds. The van der Waals surface area contributed by atoms with Gasteiger partial charge < -0.3 is 10.4 Å². The van der Waals surface area contributed by atoms with E-state index in [4.69, 9.17) is 0 Å². The van der Waals surface area contributed by atoms with E-state index < -0.39 is 5.97 Å². The van der Waals surface area contributed by atoms with Crippen molar-refractivity contribution in [3.05, 3.63) is 0 Å². The Morgan fingerprint density at radius 1 is 1.20 bits per heavy atom. The van der Waals surface area contributed by atoms with Crippen molar-refractivity contribution in [1.29, 1.82) is 0 Å². The second-order valence-corrected chi connectivity index (χ2v) is 6.99. The van der Waals surface area contributed by atoms with E-state index in [0.717, 1.165) is 19.4 Å². The molecule has 0 aromatic rings. The van der Waals surface area contributed by atoms with Gasteiger partial charge in [-0.2, -0.15) is 0 Å². The van der Waals surface area contributed by atoms with Crippen molar-refractivity contribution in [2.45, 2.75) is 77.2 Å². The Hall–Kier alpha value is -0.280. The summed E-state index contributed by atoms with van der Waals surface area (Å²) in [6.45, 7) is 3.19. The predicted octanol–water partition coefficient (Wildman–Crippen LogP) is 4.00. The maximum absolute atomic E-state index is 11.2. The van der Waals surface area contributed by atoms with Gasteiger partial charge in [0.15, 0.2) is 0 Å². The summed E-state index contributed by atoms with van der Waals surface area (Å²) in [5.41, 5.74) is 0.0148. The molecule has 118 valence electrons. The van der Waals surface area contributed by atoms with E-state index in [0.29, 0.717) is 18.4 Å². The highest BCUT2D eigenvalue weighted by Gasteiger charge is 2.37. The fourth-order valence-electron chi connectivity index (χ4n) is 4.14. The average Bonchev–Trinajstić information content (AvgIpc) is 2.37. The lowest BCUT2D eigenvalue weighted by molar-refractivity contribution is -0.140. The number of halogens is 1. The van der Waals surface area contributed by atoms with Crippen molar-refractivity contribution in [2.24, 2.45) is 11.3 Å². The van der Waals surface area contributed by atoms with Crippen LogP contribution in [0.2, 0.25) is 0 Å². The number of nitrogens with one attached hydrogen (secondary N) is 1. The molecule has 2 unspecified atom stereocenters. The highest BCUT2D eigenvalue weighted by molar-refractivity contribution is 5.85. The molecule has 0 spiro atoms. The topological polar surface area (TPSA) is 49.3 Å². The third-order valence-electron chi connectivity index (χ3n) is 5.08. The molecule has 2 fully saturated rings. The third kappa shape index (κ3) is 5.25. The molecule has 0 heterocycles. The molecule has 2 aliphatic carbocycles. The molecule has 2 rings (SSSR count). The molecule has 2 saturated carbocycles. The molecular formula is C16H30ClNO2. The highest BCUT2D eigenvalue weighted by atomic mass is 35.5. The van der Waals surface area contributed by atoms with Crippen LogP contribution in [0.5, 0.6) is 0 Å². The molecular weight excluding hydrogens is 274 g/mol. The Labute approximate surface area is 129 Å². The first-order valence-corrected chi connectivity index (χ1v) is 8.05. The predicted molar refractivity (Wildman–Crippen MR) is 84.4 cm³/mol. The summed E-state index contributed by atoms with van der Waals surface area (Å²) in [6, 6.07) is 0.636. The van der Waals surface area contributed by atoms with E-state index in [9.17, 15) is 9.90 Å². The van der Waals surface area contributed by atoms with Crippen molar-refractivity contribution in [3.8, 4) is 0 Å². The molecule has 0 radical (unpaired) electrons. The first-order chi connectivity index (χ1) is 9.10. The van der Waals surface area contributed by atoms with Gasteiger partial charge in [0, 0.05) is 12.6 Å². The molecule has 4 heteroatoms. The van der Waals surface area contributed by atoms with Crippen molar-refractivity contribution in [3.63, 3.8) is 0 Å². The summed E-state index contributed by atoms with van der Waals surface area (Å²) in [5.74, 6) is 0.0563. The van der Waals surface area contributed by atoms with E-state index in [1.165, 1.54) is 44.9 Å². The van der Waals surface area contributed by atoms with Crippen molar-refractivity contribution in [2.75, 3.05) is 6.54 Å². The van der Waals surface area contributed by atoms with Gasteiger partial charge >= 0.3 is 5.97 Å². The summed E-state index contributed by atoms with van der Waals surface area (Å²) < 4.78 is 0. The molecule has 0 aromatic heterocycles. The summed E-state index contributed by atoms with van der Waals surface area (Å²) in [4.78, 5) is 11.2. The number of carboxylic acids is 1. The summed E-state index contributed by atoms with van der Waals surface area (Å²) in [5, 5.41) is 12.9. The van der Waals surface area contributed by atoms with Gasteiger partial charge in [-0.3, -0.25) is 4.79 Å². The molecule has 3 nitrogen and oxygen atoms in total. The van der Waals surface area contributed by atoms with Crippen LogP contribution >= 0.6 is 12.4 Å². The smallest absolute Gasteiger partial charge is 0.303 e. The minimum Gasteiger partial charge on any atom is -0.481 e. The quantitative estimate of drug-likeness (QED) is 0.807. The molecule has 2 atom stereocenters. The lowest BCUT2D eigenvalue weighted by Crippen LogP contribution is -2.44. The number of hydrogen-bond acceptors (Lipinski definition) is 2. The van der Waals surface area contributed by atoms with Crippen LogP contribution in [0.4, 0.5) is 0 Å². The number of rotatable bonds is 5. The summed E-state index contributed by atoms with van der Waals surface area (Å²) in [6.07, 6.45) is 11.6. The van der Waals surface area contributed by atoms with Crippen molar-refractivity contribution in [1.82, 2.24) is 5.32 Å². The molecule has 2 N–H and O–H groups in total. The number of hydrogen-bond donors (Lipinski definition) is 2. The fourth-order valence-corrected chi connectivity index (χ4v) is 4.14. The second kappa shape index (κ2) is 8.23. The third-order valence-corrected chi connectivity index (χ3v) is 5.08. The molecule has 0 saturated heterocycles. The Morgan fingerprint density at radius 3 is 2.50 bits per heavy atom. The van der Waals surface area contributed by atoms with Crippen LogP contribution in [-0.4, -0.2) is 23.7 Å². The number of carboxylic acid groups (broad SMARTS) is 1. The molecule has 2 aliphatic rings. The van der Waals surface area contributed by atoms with E-state index in [2.05, 4.69) is 12.2 Å². The summed E-state index contributed by atoms with van der Waals surface area (Å²) >= 11 is 0. The zero-order valence-electron chi connectivity index (χ0n) is 12.7. The lowest BCUT2D eigenvalue weighted by Gasteiger charge is -2.40. The minimum atomic E-state index is -0.625. The molecule has 0 aromatic carbocycles. The van der Waals surface area contributed by atoms with Crippen molar-refractivity contribution < 1.29 is 9.90 Å². The van der Waals surface area contributed by atoms with Crippen LogP contribution in [0.25, 0.3) is 0 Å². The SMILES string of the molecule is CC1CCCC(CNC2CCCCC2)(CC(=O)O)C1.Cl. The fraction of sp³-hybridized carbons (Fsp3) is 0.938. The van der Waals surface area contributed by atoms with Gasteiger partial charge in [0.1, 0.15) is 0 Å². The normalized spacial score (nSPS) is 31.6. The van der Waals surface area contributed by atoms with Gasteiger partial charge in [0.05, 0.1) is 6.42 Å². The van der Waals surface area contributed by atoms with Crippen LogP contribution in [-0.2, 0) is 4.79 Å². The molecule has 20 heavy (non-hydrogen) atoms. The monoisotopic (exact) mass is 303 g/mol. The average molecular weight is 304 g/mol. The highest BCUT2D eigenvalue weighted by Crippen LogP contribution is 2.41. The van der Waals surface area contributed by atoms with Gasteiger partial charge in [0.25, 0.3) is 0 Å². The zero-order valence-corrected chi connectivity index (χ0v) is 13.5. The van der Waals surface area contributed by atoms with Gasteiger partial charge in [-0.25, -0.2) is 0 Å². The maximum Gasteiger partial charge on any atom is 0.303 e. The van der Waals surface area contributed by atoms with Crippen LogP contribution < -0.4 is 5.32 Å². The van der Waals surface area contributed by atoms with Gasteiger partial charge in [0.2, 0.25) is 0 Å². The van der Waals surface area contributed by atoms with Crippen LogP contribution in [0.15, 0.2) is 0 Å². The number of carbonyl (C=O) groups is 1. The Bertz CT molecular complexity index is 305. The van der Waals surface area contributed by atoms with Crippen LogP contribution in [0.1, 0.15) is 71.1 Å². The van der Waals surface area contributed by atoms with Crippen LogP contribution in [0, 0.1) is 11.3 Å².